The lowest BCUT2D eigenvalue weighted by atomic mass is 10.2. The highest BCUT2D eigenvalue weighted by Crippen LogP contribution is 2.30. The molecule has 0 spiro atoms. The van der Waals surface area contributed by atoms with Gasteiger partial charge < -0.3 is 14.6 Å². The van der Waals surface area contributed by atoms with Crippen LogP contribution in [0.15, 0.2) is 27.9 Å². The first-order valence-corrected chi connectivity index (χ1v) is 13.2. The van der Waals surface area contributed by atoms with E-state index in [1.807, 2.05) is 27.7 Å². The van der Waals surface area contributed by atoms with Crippen LogP contribution in [0.2, 0.25) is 0 Å². The summed E-state index contributed by atoms with van der Waals surface area (Å²) in [5.41, 5.74) is 1.03. The molecule has 0 aliphatic heterocycles. The number of fused-ring (bicyclic) bond motifs is 1. The van der Waals surface area contributed by atoms with Crippen LogP contribution in [-0.2, 0) is 16.4 Å². The minimum Gasteiger partial charge on any atom is -0.493 e. The number of ether oxygens (including phenoxy) is 1. The lowest BCUT2D eigenvalue weighted by molar-refractivity contribution is 0.309. The van der Waals surface area contributed by atoms with Gasteiger partial charge in [0.15, 0.2) is 11.3 Å². The lowest BCUT2D eigenvalue weighted by Crippen LogP contribution is -2.34. The zero-order valence-corrected chi connectivity index (χ0v) is 21.3. The van der Waals surface area contributed by atoms with E-state index >= 15 is 0 Å². The van der Waals surface area contributed by atoms with E-state index in [0.717, 1.165) is 19.5 Å². The third-order valence-electron chi connectivity index (χ3n) is 5.65. The molecule has 186 valence electrons. The number of hydrogen-bond donors (Lipinski definition) is 2. The largest absolute Gasteiger partial charge is 0.493 e. The molecule has 34 heavy (non-hydrogen) atoms. The van der Waals surface area contributed by atoms with Gasteiger partial charge in [-0.25, -0.2) is 22.6 Å². The molecular formula is C23H34N6O4S. The third kappa shape index (κ3) is 5.48. The van der Waals surface area contributed by atoms with Crippen molar-refractivity contribution in [3.05, 3.63) is 40.1 Å². The quantitative estimate of drug-likeness (QED) is 0.400. The van der Waals surface area contributed by atoms with Crippen molar-refractivity contribution in [2.45, 2.75) is 52.4 Å². The fourth-order valence-electron chi connectivity index (χ4n) is 3.85. The smallest absolute Gasteiger partial charge is 0.277 e. The van der Waals surface area contributed by atoms with Gasteiger partial charge in [-0.1, -0.05) is 20.8 Å². The van der Waals surface area contributed by atoms with Gasteiger partial charge in [0.25, 0.3) is 5.56 Å². The molecule has 2 N–H and O–H groups in total. The van der Waals surface area contributed by atoms with Crippen molar-refractivity contribution in [3.63, 3.8) is 0 Å². The first-order valence-electron chi connectivity index (χ1n) is 11.7. The number of likely N-dealkylation sites (N-methyl/N-ethyl adjacent to an activating group) is 1. The van der Waals surface area contributed by atoms with Gasteiger partial charge in [-0.2, -0.15) is 0 Å². The van der Waals surface area contributed by atoms with Gasteiger partial charge in [0.2, 0.25) is 10.0 Å². The van der Waals surface area contributed by atoms with Gasteiger partial charge in [0.1, 0.15) is 11.6 Å². The number of imidazole rings is 1. The molecule has 1 aromatic carbocycles. The van der Waals surface area contributed by atoms with Crippen LogP contribution in [-0.4, -0.2) is 65.7 Å². The van der Waals surface area contributed by atoms with Crippen LogP contribution in [0.1, 0.15) is 45.6 Å². The Bertz CT molecular complexity index is 1290. The highest BCUT2D eigenvalue weighted by Gasteiger charge is 2.21. The topological polar surface area (TPSA) is 122 Å². The number of nitrogens with zero attached hydrogens (tertiary/aromatic N) is 4. The van der Waals surface area contributed by atoms with Crippen molar-refractivity contribution in [1.82, 2.24) is 29.2 Å². The predicted molar refractivity (Wildman–Crippen MR) is 132 cm³/mol. The van der Waals surface area contributed by atoms with Gasteiger partial charge >= 0.3 is 0 Å². The molecule has 0 saturated heterocycles. The number of sulfonamides is 1. The van der Waals surface area contributed by atoms with Crippen LogP contribution in [0.5, 0.6) is 5.75 Å². The van der Waals surface area contributed by atoms with Gasteiger partial charge in [-0.15, -0.1) is 5.10 Å². The fraction of sp³-hybridized carbons (Fsp3) is 0.522. The zero-order chi connectivity index (χ0) is 24.9. The molecule has 3 aromatic rings. The maximum Gasteiger partial charge on any atom is 0.277 e. The number of H-pyrrole nitrogens is 1. The molecule has 3 rings (SSSR count). The van der Waals surface area contributed by atoms with E-state index in [1.54, 1.807) is 17.5 Å². The van der Waals surface area contributed by atoms with Crippen molar-refractivity contribution < 1.29 is 13.2 Å². The number of aromatic amines is 1. The maximum atomic E-state index is 13.0. The molecule has 11 heteroatoms. The molecule has 10 nitrogen and oxygen atoms in total. The molecule has 0 bridgehead atoms. The Kier molecular flexibility index (Phi) is 8.45. The summed E-state index contributed by atoms with van der Waals surface area (Å²) in [4.78, 5) is 22.4. The van der Waals surface area contributed by atoms with Crippen LogP contribution >= 0.6 is 0 Å². The second-order valence-electron chi connectivity index (χ2n) is 7.94. The highest BCUT2D eigenvalue weighted by atomic mass is 32.2. The average Bonchev–Trinajstić information content (AvgIpc) is 3.13. The number of nitrogens with one attached hydrogen (secondary N) is 2. The molecule has 0 saturated carbocycles. The molecular weight excluding hydrogens is 456 g/mol. The minimum atomic E-state index is -3.77. The fourth-order valence-corrected chi connectivity index (χ4v) is 4.89. The van der Waals surface area contributed by atoms with E-state index in [-0.39, 0.29) is 16.3 Å². The summed E-state index contributed by atoms with van der Waals surface area (Å²) in [6.07, 6.45) is 1.51. The number of aryl methyl sites for hydroxylation is 2. The van der Waals surface area contributed by atoms with Gasteiger partial charge in [-0.3, -0.25) is 4.79 Å². The molecule has 2 aromatic heterocycles. The summed E-state index contributed by atoms with van der Waals surface area (Å²) in [6, 6.07) is 4.57. The van der Waals surface area contributed by atoms with Crippen LogP contribution in [0.25, 0.3) is 16.9 Å². The minimum absolute atomic E-state index is 0.0730. The van der Waals surface area contributed by atoms with E-state index in [2.05, 4.69) is 24.7 Å². The van der Waals surface area contributed by atoms with Crippen LogP contribution < -0.4 is 15.0 Å². The van der Waals surface area contributed by atoms with Crippen molar-refractivity contribution in [2.75, 3.05) is 32.8 Å². The molecule has 0 fully saturated rings. The molecule has 0 amide bonds. The molecule has 0 aliphatic carbocycles. The van der Waals surface area contributed by atoms with Gasteiger partial charge in [-0.05, 0) is 51.6 Å². The van der Waals surface area contributed by atoms with Crippen molar-refractivity contribution in [2.24, 2.45) is 0 Å². The number of hydrogen-bond acceptors (Lipinski definition) is 7. The first kappa shape index (κ1) is 25.9. The summed E-state index contributed by atoms with van der Waals surface area (Å²) in [5, 5.41) is 4.62. The second-order valence-corrected chi connectivity index (χ2v) is 9.71. The molecule has 2 heterocycles. The van der Waals surface area contributed by atoms with E-state index in [1.165, 1.54) is 12.1 Å². The summed E-state index contributed by atoms with van der Waals surface area (Å²) in [5.74, 6) is 1.33. The SMILES string of the molecule is CCCc1nc(C)c2c(=O)[nH]c(-c3cc(S(=O)(=O)NCCN(CC)CC)ccc3OCC)nn12. The Labute approximate surface area is 200 Å². The number of aromatic nitrogens is 4. The Morgan fingerprint density at radius 2 is 1.91 bits per heavy atom. The highest BCUT2D eigenvalue weighted by molar-refractivity contribution is 7.89. The normalized spacial score (nSPS) is 12.1. The Morgan fingerprint density at radius 3 is 2.56 bits per heavy atom. The van der Waals surface area contributed by atoms with Crippen LogP contribution in [0, 0.1) is 6.92 Å². The molecule has 0 unspecified atom stereocenters. The standard InChI is InChI=1S/C23H34N6O4S/c1-6-10-20-25-16(5)21-23(30)26-22(27-29(20)21)18-15-17(11-12-19(18)33-9-4)34(31,32)24-13-14-28(7-2)8-3/h11-12,15,24H,6-10,13-14H2,1-5H3,(H,26,27,30). The van der Waals surface area contributed by atoms with Crippen molar-refractivity contribution in [3.8, 4) is 17.1 Å². The summed E-state index contributed by atoms with van der Waals surface area (Å²) in [6.45, 7) is 12.7. The summed E-state index contributed by atoms with van der Waals surface area (Å²) in [7, 11) is -3.77. The second kappa shape index (κ2) is 11.1. The summed E-state index contributed by atoms with van der Waals surface area (Å²) >= 11 is 0. The molecule has 0 atom stereocenters. The summed E-state index contributed by atoms with van der Waals surface area (Å²) < 4.78 is 35.9. The van der Waals surface area contributed by atoms with E-state index in [9.17, 15) is 13.2 Å². The van der Waals surface area contributed by atoms with Crippen molar-refractivity contribution in [1.29, 1.82) is 0 Å². The zero-order valence-electron chi connectivity index (χ0n) is 20.5. The van der Waals surface area contributed by atoms with Crippen molar-refractivity contribution >= 4 is 15.5 Å². The maximum absolute atomic E-state index is 13.0. The van der Waals surface area contributed by atoms with E-state index in [0.29, 0.717) is 54.5 Å². The van der Waals surface area contributed by atoms with E-state index < -0.39 is 10.0 Å². The number of benzene rings is 1. The lowest BCUT2D eigenvalue weighted by Gasteiger charge is -2.18. The third-order valence-corrected chi connectivity index (χ3v) is 7.11. The van der Waals surface area contributed by atoms with Gasteiger partial charge in [0, 0.05) is 19.5 Å². The Hall–Kier alpha value is -2.76. The molecule has 0 aliphatic rings. The Morgan fingerprint density at radius 1 is 1.18 bits per heavy atom. The average molecular weight is 491 g/mol. The van der Waals surface area contributed by atoms with E-state index in [4.69, 9.17) is 4.74 Å². The van der Waals surface area contributed by atoms with Crippen LogP contribution in [0.4, 0.5) is 0 Å². The molecule has 0 radical (unpaired) electrons. The monoisotopic (exact) mass is 490 g/mol. The van der Waals surface area contributed by atoms with Crippen LogP contribution in [0.3, 0.4) is 0 Å². The Balaban J connectivity index is 2.05. The first-order chi connectivity index (χ1) is 16.2. The number of rotatable bonds is 12. The predicted octanol–water partition coefficient (Wildman–Crippen LogP) is 2.36. The van der Waals surface area contributed by atoms with Gasteiger partial charge in [0.05, 0.1) is 22.8 Å².